The summed E-state index contributed by atoms with van der Waals surface area (Å²) in [6.07, 6.45) is 4.39. The van der Waals surface area contributed by atoms with Crippen LogP contribution in [0.2, 0.25) is 0 Å². The van der Waals surface area contributed by atoms with Crippen molar-refractivity contribution < 1.29 is 19.1 Å². The van der Waals surface area contributed by atoms with Gasteiger partial charge >= 0.3 is 5.97 Å². The van der Waals surface area contributed by atoms with Gasteiger partial charge in [-0.2, -0.15) is 0 Å². The van der Waals surface area contributed by atoms with Gasteiger partial charge in [-0.05, 0) is 43.6 Å². The maximum absolute atomic E-state index is 12.4. The molecule has 1 saturated carbocycles. The lowest BCUT2D eigenvalue weighted by Gasteiger charge is -2.38. The van der Waals surface area contributed by atoms with Gasteiger partial charge in [0.05, 0.1) is 19.4 Å². The second-order valence-corrected chi connectivity index (χ2v) is 8.63. The maximum atomic E-state index is 12.4. The van der Waals surface area contributed by atoms with Gasteiger partial charge in [-0.25, -0.2) is 0 Å². The van der Waals surface area contributed by atoms with Gasteiger partial charge in [-0.1, -0.05) is 24.3 Å². The number of nitrogens with two attached hydrogens (primary N) is 1. The third kappa shape index (κ3) is 6.22. The summed E-state index contributed by atoms with van der Waals surface area (Å²) in [6.45, 7) is 2.05. The minimum Gasteiger partial charge on any atom is -0.469 e. The van der Waals surface area contributed by atoms with Crippen molar-refractivity contribution >= 4 is 36.0 Å². The molecule has 2 atom stereocenters. The zero-order chi connectivity index (χ0) is 22.5. The molecule has 1 heterocycles. The number of methoxy groups -OCH3 is 1. The lowest BCUT2D eigenvalue weighted by molar-refractivity contribution is -0.143. The zero-order valence-corrected chi connectivity index (χ0v) is 19.5. The molecule has 0 unspecified atom stereocenters. The molecule has 0 bridgehead atoms. The minimum absolute atomic E-state index is 0. The number of halogens is 1. The van der Waals surface area contributed by atoms with E-state index < -0.39 is 0 Å². The van der Waals surface area contributed by atoms with E-state index in [1.54, 1.807) is 6.92 Å². The van der Waals surface area contributed by atoms with Gasteiger partial charge in [0.25, 0.3) is 0 Å². The van der Waals surface area contributed by atoms with Gasteiger partial charge in [-0.3, -0.25) is 19.8 Å². The molecule has 0 spiro atoms. The third-order valence-electron chi connectivity index (χ3n) is 6.58. The number of amidine groups is 1. The molecule has 2 aliphatic rings. The fourth-order valence-electron chi connectivity index (χ4n) is 4.84. The van der Waals surface area contributed by atoms with E-state index in [9.17, 15) is 14.4 Å². The summed E-state index contributed by atoms with van der Waals surface area (Å²) in [4.78, 5) is 38.0. The Hall–Kier alpha value is -2.61. The van der Waals surface area contributed by atoms with E-state index in [0.717, 1.165) is 31.2 Å². The molecule has 8 nitrogen and oxygen atoms in total. The van der Waals surface area contributed by atoms with Gasteiger partial charge in [0.15, 0.2) is 0 Å². The van der Waals surface area contributed by atoms with Crippen molar-refractivity contribution in [2.45, 2.75) is 63.5 Å². The van der Waals surface area contributed by atoms with Crippen molar-refractivity contribution in [2.75, 3.05) is 13.7 Å². The Morgan fingerprint density at radius 2 is 1.81 bits per heavy atom. The molecule has 4 N–H and O–H groups in total. The number of nitrogen functional groups attached to an aromatic ring is 1. The van der Waals surface area contributed by atoms with E-state index in [1.165, 1.54) is 12.7 Å². The van der Waals surface area contributed by atoms with Crippen molar-refractivity contribution in [1.29, 1.82) is 5.41 Å². The highest BCUT2D eigenvalue weighted by Crippen LogP contribution is 2.35. The first-order valence-corrected chi connectivity index (χ1v) is 10.9. The van der Waals surface area contributed by atoms with Crippen LogP contribution in [0.25, 0.3) is 0 Å². The molecule has 2 amide bonds. The van der Waals surface area contributed by atoms with E-state index >= 15 is 0 Å². The van der Waals surface area contributed by atoms with Crippen LogP contribution in [0.5, 0.6) is 0 Å². The molecule has 0 aromatic heterocycles. The molecule has 1 aliphatic carbocycles. The van der Waals surface area contributed by atoms with Gasteiger partial charge in [0.2, 0.25) is 11.8 Å². The Balaban J connectivity index is 0.00000363. The molecular formula is C23H33ClN4O4. The lowest BCUT2D eigenvalue weighted by atomic mass is 9.81. The largest absolute Gasteiger partial charge is 0.469 e. The number of nitrogens with one attached hydrogen (secondary N) is 2. The van der Waals surface area contributed by atoms with Crippen molar-refractivity contribution in [3.05, 3.63) is 35.4 Å². The van der Waals surface area contributed by atoms with Crippen LogP contribution in [-0.4, -0.2) is 54.3 Å². The fraction of sp³-hybridized carbons (Fsp3) is 0.565. The average molecular weight is 465 g/mol. The molecule has 32 heavy (non-hydrogen) atoms. The first kappa shape index (κ1) is 25.6. The standard InChI is InChI=1S/C23H32N4O4.ClH/c1-14(28)27(13-19-11-18(23(30)26-19)12-21(29)31-2)20-9-7-16(8-10-20)15-3-5-17(6-4-15)22(24)25;/h3-6,16,18-20H,7-13H2,1-2H3,(H3,24,25)(H,26,30);1H/t16-,18-,19-,20-;/m0./s1. The Bertz CT molecular complexity index is 837. The molecule has 1 aromatic carbocycles. The van der Waals surface area contributed by atoms with Crippen LogP contribution in [0.15, 0.2) is 24.3 Å². The summed E-state index contributed by atoms with van der Waals surface area (Å²) in [6, 6.07) is 7.88. The lowest BCUT2D eigenvalue weighted by Crippen LogP contribution is -2.47. The van der Waals surface area contributed by atoms with E-state index in [1.807, 2.05) is 29.2 Å². The number of hydrogen-bond donors (Lipinski definition) is 3. The number of ether oxygens (including phenoxy) is 1. The summed E-state index contributed by atoms with van der Waals surface area (Å²) >= 11 is 0. The van der Waals surface area contributed by atoms with Crippen LogP contribution in [0.3, 0.4) is 0 Å². The number of carbonyl (C=O) groups excluding carboxylic acids is 3. The summed E-state index contributed by atoms with van der Waals surface area (Å²) in [5.74, 6) is -0.405. The number of benzene rings is 1. The van der Waals surface area contributed by atoms with E-state index in [0.29, 0.717) is 18.9 Å². The smallest absolute Gasteiger partial charge is 0.306 e. The number of rotatable bonds is 7. The predicted molar refractivity (Wildman–Crippen MR) is 124 cm³/mol. The highest BCUT2D eigenvalue weighted by Gasteiger charge is 2.37. The van der Waals surface area contributed by atoms with Gasteiger partial charge in [0.1, 0.15) is 5.84 Å². The topological polar surface area (TPSA) is 126 Å². The van der Waals surface area contributed by atoms with E-state index in [4.69, 9.17) is 11.1 Å². The Kier molecular flexibility index (Phi) is 9.07. The number of carbonyl (C=O) groups is 3. The first-order chi connectivity index (χ1) is 14.8. The minimum atomic E-state index is -0.390. The van der Waals surface area contributed by atoms with Crippen molar-refractivity contribution in [1.82, 2.24) is 10.2 Å². The zero-order valence-electron chi connectivity index (χ0n) is 18.6. The van der Waals surface area contributed by atoms with Crippen LogP contribution in [0.4, 0.5) is 0 Å². The predicted octanol–water partition coefficient (Wildman–Crippen LogP) is 2.33. The summed E-state index contributed by atoms with van der Waals surface area (Å²) in [7, 11) is 1.32. The summed E-state index contributed by atoms with van der Waals surface area (Å²) < 4.78 is 4.67. The molecule has 3 rings (SSSR count). The van der Waals surface area contributed by atoms with Crippen LogP contribution in [0.1, 0.15) is 62.5 Å². The second-order valence-electron chi connectivity index (χ2n) is 8.63. The molecule has 0 radical (unpaired) electrons. The highest BCUT2D eigenvalue weighted by molar-refractivity contribution is 5.94. The van der Waals surface area contributed by atoms with Crippen molar-refractivity contribution in [3.8, 4) is 0 Å². The fourth-order valence-corrected chi connectivity index (χ4v) is 4.84. The van der Waals surface area contributed by atoms with Crippen LogP contribution < -0.4 is 11.1 Å². The van der Waals surface area contributed by atoms with Crippen LogP contribution >= 0.6 is 12.4 Å². The molecule has 1 aromatic rings. The Morgan fingerprint density at radius 1 is 1.19 bits per heavy atom. The number of hydrogen-bond acceptors (Lipinski definition) is 5. The third-order valence-corrected chi connectivity index (χ3v) is 6.58. The van der Waals surface area contributed by atoms with Gasteiger partial charge < -0.3 is 20.7 Å². The van der Waals surface area contributed by atoms with Crippen molar-refractivity contribution in [2.24, 2.45) is 11.7 Å². The van der Waals surface area contributed by atoms with E-state index in [-0.39, 0.29) is 60.4 Å². The SMILES string of the molecule is COC(=O)C[C@@H]1C[C@@H](CN(C(C)=O)[C@H]2CC[C@H](c3ccc(C(=N)N)cc3)CC2)NC1=O.Cl. The molecule has 176 valence electrons. The monoisotopic (exact) mass is 464 g/mol. The number of esters is 1. The van der Waals surface area contributed by atoms with Gasteiger partial charge in [-0.15, -0.1) is 12.4 Å². The van der Waals surface area contributed by atoms with Crippen LogP contribution in [-0.2, 0) is 19.1 Å². The highest BCUT2D eigenvalue weighted by atomic mass is 35.5. The average Bonchev–Trinajstić information content (AvgIpc) is 3.10. The van der Waals surface area contributed by atoms with Crippen molar-refractivity contribution in [3.63, 3.8) is 0 Å². The molecule has 1 aliphatic heterocycles. The van der Waals surface area contributed by atoms with Crippen LogP contribution in [0, 0.1) is 11.3 Å². The van der Waals surface area contributed by atoms with Gasteiger partial charge in [0, 0.05) is 31.1 Å². The molecule has 2 fully saturated rings. The quantitative estimate of drug-likeness (QED) is 0.324. The molecular weight excluding hydrogens is 432 g/mol. The number of nitrogens with zero attached hydrogens (tertiary/aromatic N) is 1. The second kappa shape index (κ2) is 11.3. The Labute approximate surface area is 195 Å². The summed E-state index contributed by atoms with van der Waals surface area (Å²) in [5.41, 5.74) is 7.50. The summed E-state index contributed by atoms with van der Waals surface area (Å²) in [5, 5.41) is 10.5. The van der Waals surface area contributed by atoms with E-state index in [2.05, 4.69) is 10.1 Å². The Morgan fingerprint density at radius 3 is 2.34 bits per heavy atom. The molecule has 9 heteroatoms. The maximum Gasteiger partial charge on any atom is 0.306 e. The normalized spacial score (nSPS) is 24.8. The number of amides is 2. The molecule has 1 saturated heterocycles. The first-order valence-electron chi connectivity index (χ1n) is 10.9.